The molecular weight excluding hydrogens is 343 g/mol. The Hall–Kier alpha value is -2.76. The van der Waals surface area contributed by atoms with E-state index in [2.05, 4.69) is 6.58 Å². The average molecular weight is 363 g/mol. The Balaban J connectivity index is 2.52. The Bertz CT molecular complexity index is 757. The van der Waals surface area contributed by atoms with Gasteiger partial charge in [-0.15, -0.1) is 6.58 Å². The van der Waals surface area contributed by atoms with Crippen molar-refractivity contribution in [3.05, 3.63) is 72.8 Å². The molecule has 2 aromatic carbocycles. The average Bonchev–Trinajstić information content (AvgIpc) is 2.62. The van der Waals surface area contributed by atoms with E-state index < -0.39 is 17.6 Å². The largest absolute Gasteiger partial charge is 0.497 e. The van der Waals surface area contributed by atoms with Crippen molar-refractivity contribution in [2.45, 2.75) is 25.1 Å². The second-order valence-corrected chi connectivity index (χ2v) is 6.06. The summed E-state index contributed by atoms with van der Waals surface area (Å²) in [5, 5.41) is 0. The number of halogens is 3. The topological polar surface area (TPSA) is 29.5 Å². The number of rotatable bonds is 6. The molecule has 3 nitrogen and oxygen atoms in total. The van der Waals surface area contributed by atoms with E-state index >= 15 is 0 Å². The number of benzene rings is 2. The van der Waals surface area contributed by atoms with Gasteiger partial charge < -0.3 is 4.74 Å². The highest BCUT2D eigenvalue weighted by atomic mass is 19.4. The van der Waals surface area contributed by atoms with E-state index in [9.17, 15) is 18.0 Å². The Morgan fingerprint density at radius 1 is 1.12 bits per heavy atom. The molecule has 1 atom stereocenters. The van der Waals surface area contributed by atoms with Gasteiger partial charge in [0.25, 0.3) is 0 Å². The van der Waals surface area contributed by atoms with Crippen LogP contribution in [0.3, 0.4) is 0 Å². The fourth-order valence-electron chi connectivity index (χ4n) is 2.75. The van der Waals surface area contributed by atoms with Gasteiger partial charge in [-0.1, -0.05) is 36.4 Å². The summed E-state index contributed by atoms with van der Waals surface area (Å²) in [4.78, 5) is 13.0. The van der Waals surface area contributed by atoms with E-state index in [1.54, 1.807) is 31.2 Å². The first-order valence-corrected chi connectivity index (χ1v) is 7.94. The zero-order valence-electron chi connectivity index (χ0n) is 14.6. The maximum absolute atomic E-state index is 13.3. The lowest BCUT2D eigenvalue weighted by Crippen LogP contribution is -2.54. The number of alkyl halides is 3. The first-order valence-electron chi connectivity index (χ1n) is 7.94. The lowest BCUT2D eigenvalue weighted by molar-refractivity contribution is -0.171. The molecule has 2 rings (SSSR count). The minimum absolute atomic E-state index is 0.117. The third kappa shape index (κ3) is 4.25. The van der Waals surface area contributed by atoms with Crippen molar-refractivity contribution in [3.8, 4) is 5.75 Å². The monoisotopic (exact) mass is 363 g/mol. The molecule has 26 heavy (non-hydrogen) atoms. The maximum Gasteiger partial charge on any atom is 0.471 e. The molecule has 138 valence electrons. The SMILES string of the molecule is C=C[C@](C)(Cc1ccccc1)N(C(=O)C(F)(F)F)c1ccc(OC)cc1. The Morgan fingerprint density at radius 3 is 2.15 bits per heavy atom. The van der Waals surface area contributed by atoms with Crippen molar-refractivity contribution in [2.75, 3.05) is 12.0 Å². The summed E-state index contributed by atoms with van der Waals surface area (Å²) in [6, 6.07) is 14.9. The van der Waals surface area contributed by atoms with Crippen molar-refractivity contribution in [2.24, 2.45) is 0 Å². The maximum atomic E-state index is 13.3. The molecule has 0 aliphatic heterocycles. The van der Waals surface area contributed by atoms with Gasteiger partial charge in [-0.25, -0.2) is 0 Å². The molecule has 0 saturated carbocycles. The van der Waals surface area contributed by atoms with Gasteiger partial charge in [0.2, 0.25) is 0 Å². The molecule has 0 heterocycles. The molecule has 6 heteroatoms. The molecule has 1 amide bonds. The molecule has 0 aromatic heterocycles. The smallest absolute Gasteiger partial charge is 0.471 e. The summed E-state index contributed by atoms with van der Waals surface area (Å²) in [6.45, 7) is 5.24. The van der Waals surface area contributed by atoms with E-state index in [4.69, 9.17) is 4.74 Å². The molecule has 0 fully saturated rings. The molecule has 0 aliphatic carbocycles. The van der Waals surface area contributed by atoms with Crippen LogP contribution in [0.2, 0.25) is 0 Å². The van der Waals surface area contributed by atoms with Crippen LogP contribution in [0.1, 0.15) is 12.5 Å². The molecular formula is C20H20F3NO2. The van der Waals surface area contributed by atoms with Gasteiger partial charge in [0.05, 0.1) is 12.6 Å². The predicted molar refractivity (Wildman–Crippen MR) is 95.3 cm³/mol. The number of methoxy groups -OCH3 is 1. The van der Waals surface area contributed by atoms with E-state index in [1.807, 2.05) is 6.07 Å². The third-order valence-corrected chi connectivity index (χ3v) is 4.13. The van der Waals surface area contributed by atoms with Crippen LogP contribution in [0.5, 0.6) is 5.75 Å². The van der Waals surface area contributed by atoms with Crippen LogP contribution in [-0.4, -0.2) is 24.7 Å². The molecule has 0 saturated heterocycles. The minimum Gasteiger partial charge on any atom is -0.497 e. The van der Waals surface area contributed by atoms with Crippen LogP contribution in [0.25, 0.3) is 0 Å². The number of hydrogen-bond donors (Lipinski definition) is 0. The third-order valence-electron chi connectivity index (χ3n) is 4.13. The molecule has 0 N–H and O–H groups in total. The van der Waals surface area contributed by atoms with Crippen molar-refractivity contribution in [1.29, 1.82) is 0 Å². The molecule has 2 aromatic rings. The summed E-state index contributed by atoms with van der Waals surface area (Å²) < 4.78 is 44.9. The van der Waals surface area contributed by atoms with Crippen LogP contribution in [-0.2, 0) is 11.2 Å². The summed E-state index contributed by atoms with van der Waals surface area (Å²) in [5.74, 6) is -1.46. The second kappa shape index (κ2) is 7.64. The molecule has 0 spiro atoms. The number of carbonyl (C=O) groups excluding carboxylic acids is 1. The highest BCUT2D eigenvalue weighted by Gasteiger charge is 2.48. The lowest BCUT2D eigenvalue weighted by Gasteiger charge is -2.39. The van der Waals surface area contributed by atoms with E-state index in [0.717, 1.165) is 10.5 Å². The summed E-state index contributed by atoms with van der Waals surface area (Å²) in [5.41, 5.74) is -0.363. The Kier molecular flexibility index (Phi) is 5.75. The summed E-state index contributed by atoms with van der Waals surface area (Å²) in [6.07, 6.45) is -3.46. The normalized spacial score (nSPS) is 13.6. The van der Waals surface area contributed by atoms with Gasteiger partial charge in [0.15, 0.2) is 0 Å². The highest BCUT2D eigenvalue weighted by molar-refractivity contribution is 5.99. The van der Waals surface area contributed by atoms with Crippen LogP contribution in [0.15, 0.2) is 67.3 Å². The van der Waals surface area contributed by atoms with Crippen molar-refractivity contribution >= 4 is 11.6 Å². The highest BCUT2D eigenvalue weighted by Crippen LogP contribution is 2.34. The van der Waals surface area contributed by atoms with Crippen LogP contribution < -0.4 is 9.64 Å². The van der Waals surface area contributed by atoms with Gasteiger partial charge in [-0.2, -0.15) is 13.2 Å². The van der Waals surface area contributed by atoms with Crippen molar-refractivity contribution < 1.29 is 22.7 Å². The summed E-state index contributed by atoms with van der Waals surface area (Å²) in [7, 11) is 1.46. The second-order valence-electron chi connectivity index (χ2n) is 6.06. The van der Waals surface area contributed by atoms with Gasteiger partial charge in [0, 0.05) is 5.69 Å². The van der Waals surface area contributed by atoms with Crippen LogP contribution in [0, 0.1) is 0 Å². The zero-order valence-corrected chi connectivity index (χ0v) is 14.6. The first kappa shape index (κ1) is 19.6. The lowest BCUT2D eigenvalue weighted by atomic mass is 9.90. The number of amides is 1. The van der Waals surface area contributed by atoms with Gasteiger partial charge in [0.1, 0.15) is 5.75 Å². The molecule has 0 radical (unpaired) electrons. The first-order chi connectivity index (χ1) is 12.2. The van der Waals surface area contributed by atoms with Crippen molar-refractivity contribution in [3.63, 3.8) is 0 Å². The van der Waals surface area contributed by atoms with E-state index in [1.165, 1.54) is 37.5 Å². The molecule has 0 bridgehead atoms. The van der Waals surface area contributed by atoms with E-state index in [0.29, 0.717) is 5.75 Å². The predicted octanol–water partition coefficient (Wildman–Crippen LogP) is 4.78. The molecule has 0 aliphatic rings. The summed E-state index contributed by atoms with van der Waals surface area (Å²) >= 11 is 0. The zero-order chi connectivity index (χ0) is 19.4. The van der Waals surface area contributed by atoms with Gasteiger partial charge in [-0.3, -0.25) is 9.69 Å². The standard InChI is InChI=1S/C20H20F3NO2/c1-4-19(2,14-15-8-6-5-7-9-15)24(18(25)20(21,22)23)16-10-12-17(26-3)13-11-16/h4-13H,1,14H2,2-3H3/t19-/m1/s1. The number of hydrogen-bond acceptors (Lipinski definition) is 2. The fourth-order valence-corrected chi connectivity index (χ4v) is 2.75. The van der Waals surface area contributed by atoms with Gasteiger partial charge in [-0.05, 0) is 43.2 Å². The quantitative estimate of drug-likeness (QED) is 0.692. The van der Waals surface area contributed by atoms with Crippen LogP contribution in [0.4, 0.5) is 18.9 Å². The molecule has 0 unspecified atom stereocenters. The number of carbonyl (C=O) groups is 1. The number of anilines is 1. The number of nitrogens with zero attached hydrogens (tertiary/aromatic N) is 1. The minimum atomic E-state index is -5.01. The van der Waals surface area contributed by atoms with Gasteiger partial charge >= 0.3 is 12.1 Å². The van der Waals surface area contributed by atoms with Crippen LogP contribution >= 0.6 is 0 Å². The Morgan fingerprint density at radius 2 is 1.69 bits per heavy atom. The Labute approximate surface area is 150 Å². The van der Waals surface area contributed by atoms with Crippen molar-refractivity contribution in [1.82, 2.24) is 0 Å². The van der Waals surface area contributed by atoms with E-state index in [-0.39, 0.29) is 12.1 Å². The number of ether oxygens (including phenoxy) is 1. The fraction of sp³-hybridized carbons (Fsp3) is 0.250.